The predicted octanol–water partition coefficient (Wildman–Crippen LogP) is 1.72. The van der Waals surface area contributed by atoms with Gasteiger partial charge in [0.25, 0.3) is 0 Å². The zero-order valence-corrected chi connectivity index (χ0v) is 14.3. The van der Waals surface area contributed by atoms with E-state index < -0.39 is 0 Å². The van der Waals surface area contributed by atoms with E-state index in [0.717, 1.165) is 64.4 Å². The van der Waals surface area contributed by atoms with Gasteiger partial charge in [-0.3, -0.25) is 9.69 Å². The monoisotopic (exact) mass is 315 g/mol. The van der Waals surface area contributed by atoms with Gasteiger partial charge in [0, 0.05) is 39.3 Å². The molecule has 0 unspecified atom stereocenters. The van der Waals surface area contributed by atoms with Crippen molar-refractivity contribution in [3.63, 3.8) is 0 Å². The molecule has 0 saturated carbocycles. The molecule has 2 fully saturated rings. The van der Waals surface area contributed by atoms with Crippen molar-refractivity contribution in [3.05, 3.63) is 35.9 Å². The Morgan fingerprint density at radius 2 is 1.65 bits per heavy atom. The number of amides is 1. The van der Waals surface area contributed by atoms with Crippen LogP contribution in [0.1, 0.15) is 18.4 Å². The largest absolute Gasteiger partial charge is 0.342 e. The van der Waals surface area contributed by atoms with Crippen LogP contribution >= 0.6 is 0 Å². The average Bonchev–Trinajstić information content (AvgIpc) is 2.58. The van der Waals surface area contributed by atoms with Crippen LogP contribution in [-0.4, -0.2) is 73.5 Å². The molecule has 2 saturated heterocycles. The number of hydrogen-bond acceptors (Lipinski definition) is 3. The Morgan fingerprint density at radius 1 is 1.00 bits per heavy atom. The lowest BCUT2D eigenvalue weighted by Crippen LogP contribution is -2.50. The van der Waals surface area contributed by atoms with E-state index in [1.165, 1.54) is 5.56 Å². The molecule has 1 aromatic carbocycles. The van der Waals surface area contributed by atoms with Crippen LogP contribution in [-0.2, 0) is 11.2 Å². The number of piperazine rings is 1. The maximum atomic E-state index is 12.5. The first-order valence-corrected chi connectivity index (χ1v) is 8.93. The van der Waals surface area contributed by atoms with Crippen LogP contribution in [0.15, 0.2) is 30.3 Å². The summed E-state index contributed by atoms with van der Waals surface area (Å²) in [7, 11) is 2.15. The van der Waals surface area contributed by atoms with Crippen molar-refractivity contribution in [2.24, 2.45) is 5.92 Å². The van der Waals surface area contributed by atoms with Gasteiger partial charge in [0.1, 0.15) is 0 Å². The fourth-order valence-electron chi connectivity index (χ4n) is 3.63. The van der Waals surface area contributed by atoms with Crippen molar-refractivity contribution in [1.82, 2.24) is 14.7 Å². The van der Waals surface area contributed by atoms with Gasteiger partial charge in [0.05, 0.1) is 6.54 Å². The molecule has 4 nitrogen and oxygen atoms in total. The topological polar surface area (TPSA) is 26.8 Å². The first kappa shape index (κ1) is 16.5. The van der Waals surface area contributed by atoms with E-state index in [0.29, 0.717) is 12.5 Å². The molecule has 0 bridgehead atoms. The molecule has 23 heavy (non-hydrogen) atoms. The molecule has 0 radical (unpaired) electrons. The van der Waals surface area contributed by atoms with Gasteiger partial charge in [-0.25, -0.2) is 0 Å². The number of likely N-dealkylation sites (N-methyl/N-ethyl adjacent to an activating group) is 1. The lowest BCUT2D eigenvalue weighted by molar-refractivity contribution is -0.134. The highest BCUT2D eigenvalue weighted by Gasteiger charge is 2.25. The van der Waals surface area contributed by atoms with Crippen LogP contribution in [0.25, 0.3) is 0 Å². The highest BCUT2D eigenvalue weighted by atomic mass is 16.2. The second-order valence-electron chi connectivity index (χ2n) is 7.09. The summed E-state index contributed by atoms with van der Waals surface area (Å²) in [6.45, 7) is 6.67. The normalized spacial score (nSPS) is 21.5. The van der Waals surface area contributed by atoms with Crippen LogP contribution in [0, 0.1) is 5.92 Å². The molecule has 2 aliphatic heterocycles. The second kappa shape index (κ2) is 7.93. The second-order valence-corrected chi connectivity index (χ2v) is 7.09. The number of piperidine rings is 1. The van der Waals surface area contributed by atoms with E-state index in [1.54, 1.807) is 0 Å². The minimum absolute atomic E-state index is 0.327. The highest BCUT2D eigenvalue weighted by molar-refractivity contribution is 5.78. The molecule has 1 amide bonds. The summed E-state index contributed by atoms with van der Waals surface area (Å²) in [4.78, 5) is 19.2. The van der Waals surface area contributed by atoms with E-state index in [-0.39, 0.29) is 0 Å². The SMILES string of the molecule is CN1CCN(CC(=O)N2CCC(Cc3ccccc3)CC2)CC1. The molecule has 0 N–H and O–H groups in total. The van der Waals surface area contributed by atoms with E-state index in [4.69, 9.17) is 0 Å². The molecule has 0 spiro atoms. The predicted molar refractivity (Wildman–Crippen MR) is 93.4 cm³/mol. The number of nitrogens with zero attached hydrogens (tertiary/aromatic N) is 3. The molecule has 0 atom stereocenters. The number of carbonyl (C=O) groups is 1. The summed E-state index contributed by atoms with van der Waals surface area (Å²) in [6.07, 6.45) is 3.44. The number of carbonyl (C=O) groups excluding carboxylic acids is 1. The maximum Gasteiger partial charge on any atom is 0.236 e. The fourth-order valence-corrected chi connectivity index (χ4v) is 3.63. The van der Waals surface area contributed by atoms with Crippen LogP contribution in [0.2, 0.25) is 0 Å². The molecule has 1 aromatic rings. The first-order valence-electron chi connectivity index (χ1n) is 8.93. The third kappa shape index (κ3) is 4.79. The van der Waals surface area contributed by atoms with Gasteiger partial charge in [-0.2, -0.15) is 0 Å². The van der Waals surface area contributed by atoms with E-state index >= 15 is 0 Å². The van der Waals surface area contributed by atoms with Gasteiger partial charge in [-0.05, 0) is 37.8 Å². The number of rotatable bonds is 4. The van der Waals surface area contributed by atoms with Crippen LogP contribution in [0.4, 0.5) is 0 Å². The van der Waals surface area contributed by atoms with Crippen molar-refractivity contribution in [2.45, 2.75) is 19.3 Å². The lowest BCUT2D eigenvalue weighted by atomic mass is 9.90. The van der Waals surface area contributed by atoms with Crippen molar-refractivity contribution < 1.29 is 4.79 Å². The Balaban J connectivity index is 1.40. The minimum atomic E-state index is 0.327. The molecule has 0 aromatic heterocycles. The summed E-state index contributed by atoms with van der Waals surface area (Å²) < 4.78 is 0. The van der Waals surface area contributed by atoms with Gasteiger partial charge in [-0.15, -0.1) is 0 Å². The summed E-state index contributed by atoms with van der Waals surface area (Å²) in [5.41, 5.74) is 1.43. The maximum absolute atomic E-state index is 12.5. The molecular formula is C19H29N3O. The third-order valence-electron chi connectivity index (χ3n) is 5.29. The highest BCUT2D eigenvalue weighted by Crippen LogP contribution is 2.21. The fraction of sp³-hybridized carbons (Fsp3) is 0.632. The Kier molecular flexibility index (Phi) is 5.68. The standard InChI is InChI=1S/C19H29N3O/c1-20-11-13-21(14-12-20)16-19(23)22-9-7-18(8-10-22)15-17-5-3-2-4-6-17/h2-6,18H,7-16H2,1H3. The minimum Gasteiger partial charge on any atom is -0.342 e. The third-order valence-corrected chi connectivity index (χ3v) is 5.29. The molecule has 0 aliphatic carbocycles. The first-order chi connectivity index (χ1) is 11.2. The van der Waals surface area contributed by atoms with Gasteiger partial charge in [0.15, 0.2) is 0 Å². The van der Waals surface area contributed by atoms with Gasteiger partial charge in [0.2, 0.25) is 5.91 Å². The van der Waals surface area contributed by atoms with Gasteiger partial charge in [-0.1, -0.05) is 30.3 Å². The smallest absolute Gasteiger partial charge is 0.236 e. The van der Waals surface area contributed by atoms with Crippen molar-refractivity contribution in [2.75, 3.05) is 52.9 Å². The Morgan fingerprint density at radius 3 is 2.30 bits per heavy atom. The van der Waals surface area contributed by atoms with Crippen LogP contribution in [0.3, 0.4) is 0 Å². The molecule has 3 rings (SSSR count). The molecule has 126 valence electrons. The number of likely N-dealkylation sites (tertiary alicyclic amines) is 1. The van der Waals surface area contributed by atoms with Gasteiger partial charge >= 0.3 is 0 Å². The van der Waals surface area contributed by atoms with Crippen molar-refractivity contribution in [3.8, 4) is 0 Å². The lowest BCUT2D eigenvalue weighted by Gasteiger charge is -2.36. The summed E-state index contributed by atoms with van der Waals surface area (Å²) in [5.74, 6) is 1.05. The van der Waals surface area contributed by atoms with E-state index in [1.807, 2.05) is 0 Å². The zero-order chi connectivity index (χ0) is 16.1. The van der Waals surface area contributed by atoms with Crippen molar-refractivity contribution in [1.29, 1.82) is 0 Å². The zero-order valence-electron chi connectivity index (χ0n) is 14.3. The van der Waals surface area contributed by atoms with Crippen LogP contribution < -0.4 is 0 Å². The molecule has 2 aliphatic rings. The molecule has 4 heteroatoms. The number of benzene rings is 1. The van der Waals surface area contributed by atoms with Gasteiger partial charge < -0.3 is 9.80 Å². The summed E-state index contributed by atoms with van der Waals surface area (Å²) in [6, 6.07) is 10.7. The summed E-state index contributed by atoms with van der Waals surface area (Å²) >= 11 is 0. The Labute approximate surface area is 140 Å². The average molecular weight is 315 g/mol. The quantitative estimate of drug-likeness (QED) is 0.846. The van der Waals surface area contributed by atoms with E-state index in [2.05, 4.69) is 52.1 Å². The Hall–Kier alpha value is -1.39. The summed E-state index contributed by atoms with van der Waals surface area (Å²) in [5, 5.41) is 0. The Bertz CT molecular complexity index is 489. The van der Waals surface area contributed by atoms with Crippen molar-refractivity contribution >= 4 is 5.91 Å². The number of hydrogen-bond donors (Lipinski definition) is 0. The molecule has 2 heterocycles. The molecular weight excluding hydrogens is 286 g/mol. The van der Waals surface area contributed by atoms with Crippen LogP contribution in [0.5, 0.6) is 0 Å². The van der Waals surface area contributed by atoms with E-state index in [9.17, 15) is 4.79 Å².